The molecule has 2 aromatic rings. The van der Waals surface area contributed by atoms with Crippen LogP contribution >= 0.6 is 31.9 Å². The standard InChI is InChI=1S/C13H8Br2O5/c14-8-4-11-10(18-6-19-11)3-7(8)5-17-13(16)9-1-2-12(15)20-9/h1-4H,5-6H2. The fourth-order valence-corrected chi connectivity index (χ4v) is 2.45. The molecule has 0 spiro atoms. The molecule has 7 heteroatoms. The molecule has 0 fully saturated rings. The Balaban J connectivity index is 1.71. The molecule has 0 amide bonds. The Hall–Kier alpha value is -1.47. The lowest BCUT2D eigenvalue weighted by Gasteiger charge is -2.07. The molecule has 0 N–H and O–H groups in total. The molecule has 0 saturated carbocycles. The summed E-state index contributed by atoms with van der Waals surface area (Å²) in [5.74, 6) is 0.927. The van der Waals surface area contributed by atoms with Crippen LogP contribution < -0.4 is 9.47 Å². The van der Waals surface area contributed by atoms with E-state index in [1.165, 1.54) is 0 Å². The van der Waals surface area contributed by atoms with E-state index >= 15 is 0 Å². The minimum absolute atomic E-state index is 0.106. The lowest BCUT2D eigenvalue weighted by molar-refractivity contribution is 0.0433. The van der Waals surface area contributed by atoms with Crippen molar-refractivity contribution in [2.24, 2.45) is 0 Å². The van der Waals surface area contributed by atoms with Gasteiger partial charge in [0.1, 0.15) is 6.61 Å². The molecule has 0 unspecified atom stereocenters. The van der Waals surface area contributed by atoms with Crippen molar-refractivity contribution in [2.45, 2.75) is 6.61 Å². The molecule has 20 heavy (non-hydrogen) atoms. The molecule has 3 rings (SSSR count). The van der Waals surface area contributed by atoms with Crippen molar-refractivity contribution in [3.8, 4) is 11.5 Å². The van der Waals surface area contributed by atoms with E-state index in [1.807, 2.05) is 0 Å². The highest BCUT2D eigenvalue weighted by molar-refractivity contribution is 9.10. The Morgan fingerprint density at radius 2 is 1.95 bits per heavy atom. The maximum Gasteiger partial charge on any atom is 0.374 e. The average Bonchev–Trinajstić information content (AvgIpc) is 3.04. The molecule has 0 saturated heterocycles. The Morgan fingerprint density at radius 1 is 1.20 bits per heavy atom. The molecule has 0 bridgehead atoms. The molecule has 1 aliphatic heterocycles. The summed E-state index contributed by atoms with van der Waals surface area (Å²) in [7, 11) is 0. The summed E-state index contributed by atoms with van der Waals surface area (Å²) < 4.78 is 22.1. The van der Waals surface area contributed by atoms with Gasteiger partial charge in [0.05, 0.1) is 0 Å². The Kier molecular flexibility index (Phi) is 3.71. The zero-order valence-corrected chi connectivity index (χ0v) is 13.2. The van der Waals surface area contributed by atoms with E-state index in [9.17, 15) is 4.79 Å². The van der Waals surface area contributed by atoms with Gasteiger partial charge >= 0.3 is 5.97 Å². The maximum absolute atomic E-state index is 11.8. The summed E-state index contributed by atoms with van der Waals surface area (Å²) in [6.45, 7) is 0.305. The molecular weight excluding hydrogens is 396 g/mol. The highest BCUT2D eigenvalue weighted by Crippen LogP contribution is 2.37. The van der Waals surface area contributed by atoms with Crippen molar-refractivity contribution in [1.82, 2.24) is 0 Å². The maximum atomic E-state index is 11.8. The normalized spacial score (nSPS) is 12.5. The molecule has 1 aromatic heterocycles. The number of fused-ring (bicyclic) bond motifs is 1. The first-order valence-corrected chi connectivity index (χ1v) is 7.22. The summed E-state index contributed by atoms with van der Waals surface area (Å²) >= 11 is 6.53. The summed E-state index contributed by atoms with van der Waals surface area (Å²) in [6, 6.07) is 6.74. The van der Waals surface area contributed by atoms with Gasteiger partial charge in [-0.2, -0.15) is 0 Å². The van der Waals surface area contributed by atoms with E-state index < -0.39 is 5.97 Å². The first-order chi connectivity index (χ1) is 9.63. The van der Waals surface area contributed by atoms with Crippen LogP contribution in [-0.2, 0) is 11.3 Å². The lowest BCUT2D eigenvalue weighted by atomic mass is 10.2. The van der Waals surface area contributed by atoms with Crippen LogP contribution in [0.4, 0.5) is 0 Å². The Labute approximate surface area is 131 Å². The van der Waals surface area contributed by atoms with Gasteiger partial charge in [-0.15, -0.1) is 0 Å². The number of benzene rings is 1. The SMILES string of the molecule is O=C(OCc1cc2c(cc1Br)OCO2)c1ccc(Br)o1. The number of hydrogen-bond donors (Lipinski definition) is 0. The van der Waals surface area contributed by atoms with Crippen LogP contribution in [0.15, 0.2) is 37.8 Å². The van der Waals surface area contributed by atoms with Crippen LogP contribution in [-0.4, -0.2) is 12.8 Å². The highest BCUT2D eigenvalue weighted by Gasteiger charge is 2.18. The highest BCUT2D eigenvalue weighted by atomic mass is 79.9. The average molecular weight is 404 g/mol. The summed E-state index contributed by atoms with van der Waals surface area (Å²) in [4.78, 5) is 11.8. The minimum Gasteiger partial charge on any atom is -0.455 e. The summed E-state index contributed by atoms with van der Waals surface area (Å²) in [5.41, 5.74) is 0.785. The number of furan rings is 1. The quantitative estimate of drug-likeness (QED) is 0.727. The van der Waals surface area contributed by atoms with Crippen LogP contribution in [0.3, 0.4) is 0 Å². The van der Waals surface area contributed by atoms with Gasteiger partial charge in [-0.25, -0.2) is 4.79 Å². The molecule has 0 radical (unpaired) electrons. The van der Waals surface area contributed by atoms with Crippen LogP contribution in [0.5, 0.6) is 11.5 Å². The third-order valence-corrected chi connectivity index (χ3v) is 3.84. The van der Waals surface area contributed by atoms with Crippen LogP contribution in [0.25, 0.3) is 0 Å². The van der Waals surface area contributed by atoms with Crippen molar-refractivity contribution in [1.29, 1.82) is 0 Å². The van der Waals surface area contributed by atoms with E-state index in [2.05, 4.69) is 31.9 Å². The van der Waals surface area contributed by atoms with Gasteiger partial charge in [-0.1, -0.05) is 15.9 Å². The summed E-state index contributed by atoms with van der Waals surface area (Å²) in [5, 5.41) is 0. The molecular formula is C13H8Br2O5. The Bertz CT molecular complexity index is 665. The predicted molar refractivity (Wildman–Crippen MR) is 75.8 cm³/mol. The molecule has 104 valence electrons. The largest absolute Gasteiger partial charge is 0.455 e. The topological polar surface area (TPSA) is 57.9 Å². The predicted octanol–water partition coefficient (Wildman–Crippen LogP) is 3.89. The second-order valence-electron chi connectivity index (χ2n) is 3.98. The van der Waals surface area contributed by atoms with Gasteiger partial charge in [0, 0.05) is 10.0 Å². The fraction of sp³-hybridized carbons (Fsp3) is 0.154. The third kappa shape index (κ3) is 2.69. The van der Waals surface area contributed by atoms with Crippen LogP contribution in [0, 0.1) is 0 Å². The van der Waals surface area contributed by atoms with E-state index in [-0.39, 0.29) is 19.2 Å². The molecule has 1 aliphatic rings. The minimum atomic E-state index is -0.528. The first-order valence-electron chi connectivity index (χ1n) is 5.64. The number of hydrogen-bond acceptors (Lipinski definition) is 5. The van der Waals surface area contributed by atoms with Gasteiger partial charge in [-0.3, -0.25) is 0 Å². The van der Waals surface area contributed by atoms with Crippen molar-refractivity contribution in [3.05, 3.63) is 44.7 Å². The van der Waals surface area contributed by atoms with Crippen LogP contribution in [0.1, 0.15) is 16.1 Å². The molecule has 5 nitrogen and oxygen atoms in total. The summed E-state index contributed by atoms with van der Waals surface area (Å²) in [6.07, 6.45) is 0. The van der Waals surface area contributed by atoms with Gasteiger partial charge < -0.3 is 18.6 Å². The second-order valence-corrected chi connectivity index (χ2v) is 5.61. The van der Waals surface area contributed by atoms with Gasteiger partial charge in [0.25, 0.3) is 0 Å². The van der Waals surface area contributed by atoms with Crippen molar-refractivity contribution < 1.29 is 23.4 Å². The monoisotopic (exact) mass is 402 g/mol. The van der Waals surface area contributed by atoms with Crippen molar-refractivity contribution >= 4 is 37.8 Å². The van der Waals surface area contributed by atoms with Gasteiger partial charge in [-0.05, 0) is 40.2 Å². The van der Waals surface area contributed by atoms with E-state index in [1.54, 1.807) is 24.3 Å². The smallest absolute Gasteiger partial charge is 0.374 e. The molecule has 0 atom stereocenters. The van der Waals surface area contributed by atoms with E-state index in [0.29, 0.717) is 16.2 Å². The number of carbonyl (C=O) groups is 1. The number of rotatable bonds is 3. The van der Waals surface area contributed by atoms with E-state index in [4.69, 9.17) is 18.6 Å². The molecule has 2 heterocycles. The number of esters is 1. The van der Waals surface area contributed by atoms with Gasteiger partial charge in [0.15, 0.2) is 16.2 Å². The van der Waals surface area contributed by atoms with Gasteiger partial charge in [0.2, 0.25) is 12.6 Å². The number of ether oxygens (including phenoxy) is 3. The lowest BCUT2D eigenvalue weighted by Crippen LogP contribution is -2.04. The third-order valence-electron chi connectivity index (χ3n) is 2.67. The number of carbonyl (C=O) groups excluding carboxylic acids is 1. The van der Waals surface area contributed by atoms with Crippen molar-refractivity contribution in [3.63, 3.8) is 0 Å². The zero-order valence-electron chi connectivity index (χ0n) is 10.0. The van der Waals surface area contributed by atoms with Crippen LogP contribution in [0.2, 0.25) is 0 Å². The molecule has 1 aromatic carbocycles. The second kappa shape index (κ2) is 5.49. The Morgan fingerprint density at radius 3 is 2.65 bits per heavy atom. The number of halogens is 2. The fourth-order valence-electron chi connectivity index (χ4n) is 1.71. The zero-order chi connectivity index (χ0) is 14.1. The van der Waals surface area contributed by atoms with E-state index in [0.717, 1.165) is 10.0 Å². The molecule has 0 aliphatic carbocycles. The van der Waals surface area contributed by atoms with Crippen molar-refractivity contribution in [2.75, 3.05) is 6.79 Å². The first kappa shape index (κ1) is 13.5.